The van der Waals surface area contributed by atoms with Crippen LogP contribution in [0.3, 0.4) is 0 Å². The molecule has 0 N–H and O–H groups in total. The summed E-state index contributed by atoms with van der Waals surface area (Å²) in [5, 5.41) is 0. The van der Waals surface area contributed by atoms with Crippen LogP contribution in [-0.2, 0) is 11.3 Å². The highest BCUT2D eigenvalue weighted by atomic mass is 19.3. The van der Waals surface area contributed by atoms with Crippen LogP contribution in [0.1, 0.15) is 18.4 Å². The van der Waals surface area contributed by atoms with Crippen LogP contribution >= 0.6 is 0 Å². The number of benzene rings is 1. The Kier molecular flexibility index (Phi) is 3.08. The summed E-state index contributed by atoms with van der Waals surface area (Å²) in [6.45, 7) is 2.04. The predicted octanol–water partition coefficient (Wildman–Crippen LogP) is 2.69. The maximum atomic E-state index is 13.5. The average molecular weight is 253 g/mol. The fourth-order valence-electron chi connectivity index (χ4n) is 2.99. The maximum absolute atomic E-state index is 13.5. The zero-order chi connectivity index (χ0) is 12.6. The van der Waals surface area contributed by atoms with Crippen molar-refractivity contribution in [3.63, 3.8) is 0 Å². The average Bonchev–Trinajstić information content (AvgIpc) is 2.66. The van der Waals surface area contributed by atoms with Crippen molar-refractivity contribution in [3.8, 4) is 0 Å². The van der Waals surface area contributed by atoms with E-state index in [-0.39, 0.29) is 25.0 Å². The maximum Gasteiger partial charge on any atom is 0.252 e. The minimum atomic E-state index is -2.56. The standard InChI is InChI=1S/C14H17F2NO/c15-14(16)8-12-13(9-14)18-7-6-17(12)10-11-4-2-1-3-5-11/h1-5,12-13H,6-10H2/t12-,13-/m1/s1. The second kappa shape index (κ2) is 4.59. The van der Waals surface area contributed by atoms with Crippen LogP contribution in [0, 0.1) is 0 Å². The van der Waals surface area contributed by atoms with Crippen LogP contribution in [0.2, 0.25) is 0 Å². The fourth-order valence-corrected chi connectivity index (χ4v) is 2.99. The van der Waals surface area contributed by atoms with Crippen molar-refractivity contribution in [1.82, 2.24) is 4.90 Å². The van der Waals surface area contributed by atoms with Gasteiger partial charge in [-0.25, -0.2) is 8.78 Å². The lowest BCUT2D eigenvalue weighted by Gasteiger charge is -2.37. The highest BCUT2D eigenvalue weighted by Gasteiger charge is 2.50. The fraction of sp³-hybridized carbons (Fsp3) is 0.571. The van der Waals surface area contributed by atoms with Crippen LogP contribution in [0.4, 0.5) is 8.78 Å². The van der Waals surface area contributed by atoms with E-state index in [4.69, 9.17) is 4.74 Å². The van der Waals surface area contributed by atoms with Gasteiger partial charge in [-0.2, -0.15) is 0 Å². The Morgan fingerprint density at radius 2 is 2.00 bits per heavy atom. The largest absolute Gasteiger partial charge is 0.375 e. The summed E-state index contributed by atoms with van der Waals surface area (Å²) in [5.74, 6) is -2.56. The number of fused-ring (bicyclic) bond motifs is 1. The van der Waals surface area contributed by atoms with Gasteiger partial charge in [0.05, 0.1) is 12.7 Å². The Morgan fingerprint density at radius 1 is 1.22 bits per heavy atom. The summed E-state index contributed by atoms with van der Waals surface area (Å²) in [4.78, 5) is 2.14. The molecule has 3 rings (SSSR count). The van der Waals surface area contributed by atoms with Crippen molar-refractivity contribution >= 4 is 0 Å². The predicted molar refractivity (Wildman–Crippen MR) is 64.6 cm³/mol. The number of halogens is 2. The molecule has 0 amide bonds. The number of morpholine rings is 1. The number of hydrogen-bond donors (Lipinski definition) is 0. The summed E-state index contributed by atoms with van der Waals surface area (Å²) in [5.41, 5.74) is 1.17. The van der Waals surface area contributed by atoms with E-state index in [1.807, 2.05) is 30.3 Å². The number of ether oxygens (including phenoxy) is 1. The summed E-state index contributed by atoms with van der Waals surface area (Å²) < 4.78 is 32.4. The molecule has 18 heavy (non-hydrogen) atoms. The molecule has 0 radical (unpaired) electrons. The van der Waals surface area contributed by atoms with Gasteiger partial charge in [-0.1, -0.05) is 30.3 Å². The Balaban J connectivity index is 1.72. The Morgan fingerprint density at radius 3 is 2.78 bits per heavy atom. The zero-order valence-electron chi connectivity index (χ0n) is 10.2. The third-order valence-corrected chi connectivity index (χ3v) is 3.84. The van der Waals surface area contributed by atoms with Crippen molar-refractivity contribution in [2.24, 2.45) is 0 Å². The van der Waals surface area contributed by atoms with Gasteiger partial charge >= 0.3 is 0 Å². The first-order chi connectivity index (χ1) is 8.64. The molecular weight excluding hydrogens is 236 g/mol. The second-order valence-electron chi connectivity index (χ2n) is 5.20. The summed E-state index contributed by atoms with van der Waals surface area (Å²) in [6, 6.07) is 9.88. The molecule has 1 aliphatic carbocycles. The topological polar surface area (TPSA) is 12.5 Å². The molecule has 1 aliphatic heterocycles. The van der Waals surface area contributed by atoms with E-state index < -0.39 is 5.92 Å². The molecule has 98 valence electrons. The molecule has 0 spiro atoms. The minimum absolute atomic E-state index is 0.0650. The van der Waals surface area contributed by atoms with Gasteiger partial charge in [0.1, 0.15) is 0 Å². The van der Waals surface area contributed by atoms with Crippen molar-refractivity contribution < 1.29 is 13.5 Å². The van der Waals surface area contributed by atoms with Gasteiger partial charge in [0.15, 0.2) is 0 Å². The Bertz CT molecular complexity index is 410. The lowest BCUT2D eigenvalue weighted by Crippen LogP contribution is -2.47. The SMILES string of the molecule is FC1(F)C[C@@H]2[C@@H](C1)OCCN2Cc1ccccc1. The van der Waals surface area contributed by atoms with E-state index in [0.717, 1.165) is 13.1 Å². The summed E-state index contributed by atoms with van der Waals surface area (Å²) in [7, 11) is 0. The van der Waals surface area contributed by atoms with E-state index in [1.165, 1.54) is 5.56 Å². The molecule has 2 nitrogen and oxygen atoms in total. The molecule has 0 unspecified atom stereocenters. The van der Waals surface area contributed by atoms with Crippen molar-refractivity contribution in [2.75, 3.05) is 13.2 Å². The monoisotopic (exact) mass is 253 g/mol. The van der Waals surface area contributed by atoms with Gasteiger partial charge in [-0.05, 0) is 5.56 Å². The molecule has 2 aliphatic rings. The van der Waals surface area contributed by atoms with Crippen molar-refractivity contribution in [1.29, 1.82) is 0 Å². The molecule has 2 atom stereocenters. The van der Waals surface area contributed by atoms with Crippen LogP contribution in [-0.4, -0.2) is 36.1 Å². The summed E-state index contributed by atoms with van der Waals surface area (Å²) >= 11 is 0. The van der Waals surface area contributed by atoms with Gasteiger partial charge in [0.25, 0.3) is 5.92 Å². The molecule has 1 saturated carbocycles. The van der Waals surface area contributed by atoms with E-state index >= 15 is 0 Å². The second-order valence-corrected chi connectivity index (χ2v) is 5.20. The van der Waals surface area contributed by atoms with Gasteiger partial charge in [-0.3, -0.25) is 4.90 Å². The van der Waals surface area contributed by atoms with Gasteiger partial charge in [-0.15, -0.1) is 0 Å². The Labute approximate surface area is 106 Å². The van der Waals surface area contributed by atoms with E-state index in [1.54, 1.807) is 0 Å². The highest BCUT2D eigenvalue weighted by Crippen LogP contribution is 2.41. The normalized spacial score (nSPS) is 31.2. The van der Waals surface area contributed by atoms with Crippen LogP contribution in [0.25, 0.3) is 0 Å². The van der Waals surface area contributed by atoms with Crippen LogP contribution < -0.4 is 0 Å². The first-order valence-corrected chi connectivity index (χ1v) is 6.41. The van der Waals surface area contributed by atoms with E-state index in [0.29, 0.717) is 6.61 Å². The lowest BCUT2D eigenvalue weighted by atomic mass is 10.1. The van der Waals surface area contributed by atoms with Gasteiger partial charge < -0.3 is 4.74 Å². The first kappa shape index (κ1) is 12.1. The number of alkyl halides is 2. The zero-order valence-corrected chi connectivity index (χ0v) is 10.2. The molecule has 0 aromatic heterocycles. The van der Waals surface area contributed by atoms with Gasteiger partial charge in [0.2, 0.25) is 0 Å². The molecule has 0 bridgehead atoms. The van der Waals surface area contributed by atoms with Crippen molar-refractivity contribution in [3.05, 3.63) is 35.9 Å². The van der Waals surface area contributed by atoms with E-state index in [9.17, 15) is 8.78 Å². The quantitative estimate of drug-likeness (QED) is 0.803. The number of hydrogen-bond acceptors (Lipinski definition) is 2. The first-order valence-electron chi connectivity index (χ1n) is 6.41. The number of rotatable bonds is 2. The van der Waals surface area contributed by atoms with Crippen LogP contribution in [0.15, 0.2) is 30.3 Å². The highest BCUT2D eigenvalue weighted by molar-refractivity contribution is 5.15. The summed E-state index contributed by atoms with van der Waals surface area (Å²) in [6.07, 6.45) is -0.481. The molecule has 1 aromatic carbocycles. The molecule has 2 fully saturated rings. The van der Waals surface area contributed by atoms with E-state index in [2.05, 4.69) is 4.90 Å². The minimum Gasteiger partial charge on any atom is -0.375 e. The van der Waals surface area contributed by atoms with Crippen molar-refractivity contribution in [2.45, 2.75) is 37.5 Å². The van der Waals surface area contributed by atoms with Crippen LogP contribution in [0.5, 0.6) is 0 Å². The Hall–Kier alpha value is -1.00. The molecular formula is C14H17F2NO. The molecule has 4 heteroatoms. The number of nitrogens with zero attached hydrogens (tertiary/aromatic N) is 1. The molecule has 1 heterocycles. The van der Waals surface area contributed by atoms with Gasteiger partial charge in [0, 0.05) is 32.0 Å². The molecule has 1 saturated heterocycles. The third-order valence-electron chi connectivity index (χ3n) is 3.84. The smallest absolute Gasteiger partial charge is 0.252 e. The lowest BCUT2D eigenvalue weighted by molar-refractivity contribution is -0.0614. The molecule has 1 aromatic rings. The third kappa shape index (κ3) is 2.40.